The Morgan fingerprint density at radius 1 is 1.37 bits per heavy atom. The molecule has 1 saturated heterocycles. The van der Waals surface area contributed by atoms with Crippen LogP contribution in [0.4, 0.5) is 0 Å². The molecule has 0 bridgehead atoms. The zero-order valence-electron chi connectivity index (χ0n) is 12.3. The first-order valence-electron chi connectivity index (χ1n) is 6.49. The second-order valence-corrected chi connectivity index (χ2v) is 5.94. The molecule has 1 aliphatic heterocycles. The maximum atomic E-state index is 6.01. The fourth-order valence-electron chi connectivity index (χ4n) is 1.91. The molecule has 2 heterocycles. The standard InChI is InChI=1S/C13H22BN3O2/c1-12(2)13(3,4)19-14(18-12)10(7-15)6-11-8-16-9-17(11)5/h6,8-9H,7,15H2,1-5H3. The molecule has 0 aliphatic carbocycles. The summed E-state index contributed by atoms with van der Waals surface area (Å²) in [6.45, 7) is 8.52. The van der Waals surface area contributed by atoms with E-state index in [-0.39, 0.29) is 11.2 Å². The zero-order chi connectivity index (χ0) is 14.3. The molecule has 6 heteroatoms. The van der Waals surface area contributed by atoms with Crippen molar-refractivity contribution in [1.29, 1.82) is 0 Å². The highest BCUT2D eigenvalue weighted by atomic mass is 16.7. The quantitative estimate of drug-likeness (QED) is 0.837. The van der Waals surface area contributed by atoms with Crippen molar-refractivity contribution in [2.24, 2.45) is 12.8 Å². The van der Waals surface area contributed by atoms with Crippen LogP contribution >= 0.6 is 0 Å². The molecule has 1 fully saturated rings. The van der Waals surface area contributed by atoms with E-state index in [1.165, 1.54) is 0 Å². The first kappa shape index (κ1) is 14.3. The number of nitrogens with two attached hydrogens (primary N) is 1. The number of imidazole rings is 1. The molecule has 2 N–H and O–H groups in total. The summed E-state index contributed by atoms with van der Waals surface area (Å²) in [5.74, 6) is 0. The smallest absolute Gasteiger partial charge is 0.400 e. The van der Waals surface area contributed by atoms with Gasteiger partial charge in [0.25, 0.3) is 0 Å². The van der Waals surface area contributed by atoms with Gasteiger partial charge in [-0.25, -0.2) is 4.98 Å². The highest BCUT2D eigenvalue weighted by Gasteiger charge is 2.52. The van der Waals surface area contributed by atoms with Crippen LogP contribution in [0.2, 0.25) is 0 Å². The summed E-state index contributed by atoms with van der Waals surface area (Å²) in [7, 11) is 1.54. The monoisotopic (exact) mass is 263 g/mol. The van der Waals surface area contributed by atoms with Crippen molar-refractivity contribution in [2.75, 3.05) is 6.54 Å². The molecule has 19 heavy (non-hydrogen) atoms. The minimum absolute atomic E-state index is 0.349. The first-order valence-corrected chi connectivity index (χ1v) is 6.49. The van der Waals surface area contributed by atoms with Crippen LogP contribution in [0.25, 0.3) is 6.08 Å². The molecular formula is C13H22BN3O2. The van der Waals surface area contributed by atoms with E-state index in [1.54, 1.807) is 12.5 Å². The molecule has 1 aromatic rings. The summed E-state index contributed by atoms with van der Waals surface area (Å²) in [4.78, 5) is 4.09. The topological polar surface area (TPSA) is 62.3 Å². The zero-order valence-corrected chi connectivity index (χ0v) is 12.3. The van der Waals surface area contributed by atoms with E-state index >= 15 is 0 Å². The molecule has 0 atom stereocenters. The largest absolute Gasteiger partial charge is 0.491 e. The molecule has 0 spiro atoms. The third-order valence-electron chi connectivity index (χ3n) is 3.98. The van der Waals surface area contributed by atoms with Gasteiger partial charge in [0.2, 0.25) is 0 Å². The number of aryl methyl sites for hydroxylation is 1. The van der Waals surface area contributed by atoms with Gasteiger partial charge in [-0.15, -0.1) is 0 Å². The molecule has 104 valence electrons. The molecule has 0 unspecified atom stereocenters. The lowest BCUT2D eigenvalue weighted by molar-refractivity contribution is 0.00578. The summed E-state index contributed by atoms with van der Waals surface area (Å²) in [6, 6.07) is 0. The van der Waals surface area contributed by atoms with Gasteiger partial charge in [-0.05, 0) is 39.2 Å². The van der Waals surface area contributed by atoms with Gasteiger partial charge in [0, 0.05) is 13.6 Å². The Hall–Kier alpha value is -1.11. The molecule has 5 nitrogen and oxygen atoms in total. The lowest BCUT2D eigenvalue weighted by Crippen LogP contribution is -2.41. The van der Waals surface area contributed by atoms with E-state index in [9.17, 15) is 0 Å². The van der Waals surface area contributed by atoms with E-state index in [1.807, 2.05) is 45.4 Å². The summed E-state index contributed by atoms with van der Waals surface area (Å²) in [5.41, 5.74) is 7.04. The van der Waals surface area contributed by atoms with Crippen LogP contribution < -0.4 is 5.73 Å². The summed E-state index contributed by atoms with van der Waals surface area (Å²) >= 11 is 0. The summed E-state index contributed by atoms with van der Waals surface area (Å²) in [6.07, 6.45) is 5.53. The lowest BCUT2D eigenvalue weighted by Gasteiger charge is -2.32. The third kappa shape index (κ3) is 2.61. The van der Waals surface area contributed by atoms with Crippen molar-refractivity contribution < 1.29 is 9.31 Å². The maximum absolute atomic E-state index is 6.01. The highest BCUT2D eigenvalue weighted by molar-refractivity contribution is 6.55. The number of aromatic nitrogens is 2. The van der Waals surface area contributed by atoms with Gasteiger partial charge in [-0.1, -0.05) is 0 Å². The van der Waals surface area contributed by atoms with E-state index in [2.05, 4.69) is 4.98 Å². The second-order valence-electron chi connectivity index (χ2n) is 5.94. The minimum atomic E-state index is -0.398. The van der Waals surface area contributed by atoms with Crippen LogP contribution in [0.3, 0.4) is 0 Å². The van der Waals surface area contributed by atoms with Gasteiger partial charge in [-0.3, -0.25) is 0 Å². The van der Waals surface area contributed by atoms with E-state index in [0.717, 1.165) is 11.2 Å². The molecule has 0 aromatic carbocycles. The van der Waals surface area contributed by atoms with Crippen molar-refractivity contribution in [1.82, 2.24) is 9.55 Å². The van der Waals surface area contributed by atoms with Crippen LogP contribution in [0.1, 0.15) is 33.4 Å². The van der Waals surface area contributed by atoms with Gasteiger partial charge in [-0.2, -0.15) is 0 Å². The first-order chi connectivity index (χ1) is 8.77. The fourth-order valence-corrected chi connectivity index (χ4v) is 1.91. The van der Waals surface area contributed by atoms with Crippen LogP contribution in [-0.2, 0) is 16.4 Å². The Balaban J connectivity index is 2.26. The number of hydrogen-bond donors (Lipinski definition) is 1. The van der Waals surface area contributed by atoms with E-state index < -0.39 is 7.12 Å². The molecule has 1 aromatic heterocycles. The third-order valence-corrected chi connectivity index (χ3v) is 3.98. The molecular weight excluding hydrogens is 241 g/mol. The van der Waals surface area contributed by atoms with Crippen LogP contribution in [-0.4, -0.2) is 34.4 Å². The summed E-state index contributed by atoms with van der Waals surface area (Å²) in [5, 5.41) is 0. The van der Waals surface area contributed by atoms with Crippen molar-refractivity contribution in [3.05, 3.63) is 23.7 Å². The number of rotatable bonds is 3. The van der Waals surface area contributed by atoms with Gasteiger partial charge < -0.3 is 19.6 Å². The Labute approximate surface area is 114 Å². The lowest BCUT2D eigenvalue weighted by atomic mass is 9.77. The van der Waals surface area contributed by atoms with Crippen molar-refractivity contribution in [2.45, 2.75) is 38.9 Å². The van der Waals surface area contributed by atoms with Crippen molar-refractivity contribution >= 4 is 13.2 Å². The van der Waals surface area contributed by atoms with Crippen LogP contribution in [0.5, 0.6) is 0 Å². The normalized spacial score (nSPS) is 22.0. The van der Waals surface area contributed by atoms with E-state index in [0.29, 0.717) is 6.54 Å². The molecule has 0 radical (unpaired) electrons. The van der Waals surface area contributed by atoms with Gasteiger partial charge >= 0.3 is 7.12 Å². The Morgan fingerprint density at radius 2 is 1.95 bits per heavy atom. The molecule has 0 amide bonds. The van der Waals surface area contributed by atoms with Gasteiger partial charge in [0.15, 0.2) is 0 Å². The average molecular weight is 263 g/mol. The molecule has 2 rings (SSSR count). The Morgan fingerprint density at radius 3 is 2.37 bits per heavy atom. The van der Waals surface area contributed by atoms with E-state index in [4.69, 9.17) is 15.0 Å². The Bertz CT molecular complexity index is 478. The van der Waals surface area contributed by atoms with Crippen molar-refractivity contribution in [3.63, 3.8) is 0 Å². The van der Waals surface area contributed by atoms with Crippen LogP contribution in [0.15, 0.2) is 18.0 Å². The minimum Gasteiger partial charge on any atom is -0.400 e. The number of hydrogen-bond acceptors (Lipinski definition) is 4. The van der Waals surface area contributed by atoms with Crippen LogP contribution in [0, 0.1) is 0 Å². The SMILES string of the molecule is Cn1cncc1C=C(CN)B1OC(C)(C)C(C)(C)O1. The predicted octanol–water partition coefficient (Wildman–Crippen LogP) is 1.39. The molecule has 0 saturated carbocycles. The van der Waals surface area contributed by atoms with Gasteiger partial charge in [0.05, 0.1) is 29.4 Å². The maximum Gasteiger partial charge on any atom is 0.491 e. The average Bonchev–Trinajstić information content (AvgIpc) is 2.78. The molecule has 1 aliphatic rings. The summed E-state index contributed by atoms with van der Waals surface area (Å²) < 4.78 is 13.9. The van der Waals surface area contributed by atoms with Crippen molar-refractivity contribution in [3.8, 4) is 0 Å². The fraction of sp³-hybridized carbons (Fsp3) is 0.615. The predicted molar refractivity (Wildman–Crippen MR) is 76.3 cm³/mol. The highest BCUT2D eigenvalue weighted by Crippen LogP contribution is 2.38. The Kier molecular flexibility index (Phi) is 3.60. The second kappa shape index (κ2) is 4.78. The number of nitrogens with zero attached hydrogens (tertiary/aromatic N) is 2. The van der Waals surface area contributed by atoms with Gasteiger partial charge in [0.1, 0.15) is 0 Å².